The van der Waals surface area contributed by atoms with E-state index < -0.39 is 17.8 Å². The molecule has 2 atom stereocenters. The number of hydrogen-bond donors (Lipinski definition) is 2. The SMILES string of the molecule is COCC(F)CN(CCCCc1ccc2c(n1)NCCC2)CCC(Nc1cccnc1)C(=O)OC(C)(C)C. The molecule has 0 aliphatic carbocycles. The van der Waals surface area contributed by atoms with Gasteiger partial charge in [0.2, 0.25) is 0 Å². The monoisotopic (exact) mass is 529 g/mol. The molecule has 3 heterocycles. The lowest BCUT2D eigenvalue weighted by atomic mass is 10.1. The molecule has 8 nitrogen and oxygen atoms in total. The highest BCUT2D eigenvalue weighted by molar-refractivity contribution is 5.79. The minimum atomic E-state index is -1.10. The average Bonchev–Trinajstić information content (AvgIpc) is 2.88. The van der Waals surface area contributed by atoms with E-state index in [1.807, 2.05) is 32.9 Å². The number of aromatic nitrogens is 2. The fraction of sp³-hybridized carbons (Fsp3) is 0.621. The lowest BCUT2D eigenvalue weighted by Gasteiger charge is -2.28. The largest absolute Gasteiger partial charge is 0.458 e. The van der Waals surface area contributed by atoms with Crippen molar-refractivity contribution < 1.29 is 18.7 Å². The van der Waals surface area contributed by atoms with E-state index in [0.29, 0.717) is 13.0 Å². The van der Waals surface area contributed by atoms with E-state index in [2.05, 4.69) is 32.7 Å². The second-order valence-electron chi connectivity index (χ2n) is 10.9. The molecule has 0 spiro atoms. The van der Waals surface area contributed by atoms with Gasteiger partial charge in [-0.1, -0.05) is 6.07 Å². The molecule has 9 heteroatoms. The number of carbonyl (C=O) groups is 1. The molecule has 0 fully saturated rings. The van der Waals surface area contributed by atoms with Crippen molar-refractivity contribution >= 4 is 17.5 Å². The van der Waals surface area contributed by atoms with Gasteiger partial charge in [0.15, 0.2) is 0 Å². The number of carbonyl (C=O) groups excluding carboxylic acids is 1. The predicted octanol–water partition coefficient (Wildman–Crippen LogP) is 4.66. The van der Waals surface area contributed by atoms with Crippen LogP contribution in [0.15, 0.2) is 36.7 Å². The van der Waals surface area contributed by atoms with Crippen LogP contribution < -0.4 is 10.6 Å². The van der Waals surface area contributed by atoms with Crippen molar-refractivity contribution in [3.05, 3.63) is 47.9 Å². The minimum absolute atomic E-state index is 0.0476. The summed E-state index contributed by atoms with van der Waals surface area (Å²) in [7, 11) is 1.51. The molecule has 2 aromatic heterocycles. The topological polar surface area (TPSA) is 88.6 Å². The maximum atomic E-state index is 14.5. The van der Waals surface area contributed by atoms with Crippen LogP contribution in [0.1, 0.15) is 57.7 Å². The quantitative estimate of drug-likeness (QED) is 0.255. The number of unbranched alkanes of at least 4 members (excludes halogenated alkanes) is 1. The van der Waals surface area contributed by atoms with E-state index in [0.717, 1.165) is 62.4 Å². The zero-order chi connectivity index (χ0) is 27.4. The smallest absolute Gasteiger partial charge is 0.329 e. The van der Waals surface area contributed by atoms with Crippen molar-refractivity contribution in [2.75, 3.05) is 50.5 Å². The molecule has 38 heavy (non-hydrogen) atoms. The van der Waals surface area contributed by atoms with Crippen LogP contribution in [0.5, 0.6) is 0 Å². The van der Waals surface area contributed by atoms with E-state index in [1.54, 1.807) is 12.4 Å². The van der Waals surface area contributed by atoms with Gasteiger partial charge < -0.3 is 25.0 Å². The Bertz CT molecular complexity index is 986. The van der Waals surface area contributed by atoms with Gasteiger partial charge in [0.1, 0.15) is 23.6 Å². The predicted molar refractivity (Wildman–Crippen MR) is 149 cm³/mol. The van der Waals surface area contributed by atoms with Gasteiger partial charge in [0, 0.05) is 44.8 Å². The Kier molecular flexibility index (Phi) is 11.7. The van der Waals surface area contributed by atoms with Crippen molar-refractivity contribution in [3.8, 4) is 0 Å². The number of alkyl halides is 1. The highest BCUT2D eigenvalue weighted by Gasteiger charge is 2.26. The first-order valence-corrected chi connectivity index (χ1v) is 13.7. The normalized spacial score (nSPS) is 14.9. The third kappa shape index (κ3) is 10.5. The molecule has 1 aliphatic heterocycles. The molecule has 3 rings (SSSR count). The van der Waals surface area contributed by atoms with Crippen LogP contribution in [-0.4, -0.2) is 78.5 Å². The first kappa shape index (κ1) is 29.8. The summed E-state index contributed by atoms with van der Waals surface area (Å²) in [5.74, 6) is 0.687. The Balaban J connectivity index is 1.57. The summed E-state index contributed by atoms with van der Waals surface area (Å²) in [4.78, 5) is 24.0. The molecule has 1 aliphatic rings. The summed E-state index contributed by atoms with van der Waals surface area (Å²) >= 11 is 0. The van der Waals surface area contributed by atoms with Gasteiger partial charge in [-0.25, -0.2) is 14.2 Å². The van der Waals surface area contributed by atoms with E-state index in [-0.39, 0.29) is 19.1 Å². The van der Waals surface area contributed by atoms with Gasteiger partial charge in [-0.15, -0.1) is 0 Å². The molecule has 0 radical (unpaired) electrons. The lowest BCUT2D eigenvalue weighted by molar-refractivity contribution is -0.156. The van der Waals surface area contributed by atoms with E-state index >= 15 is 0 Å². The molecule has 2 N–H and O–H groups in total. The highest BCUT2D eigenvalue weighted by Crippen LogP contribution is 2.20. The number of rotatable bonds is 15. The molecule has 2 aromatic rings. The molecule has 2 unspecified atom stereocenters. The number of hydrogen-bond acceptors (Lipinski definition) is 8. The number of esters is 1. The molecular weight excluding hydrogens is 485 g/mol. The summed E-state index contributed by atoms with van der Waals surface area (Å²) in [5.41, 5.74) is 2.51. The zero-order valence-electron chi connectivity index (χ0n) is 23.3. The van der Waals surface area contributed by atoms with Crippen LogP contribution in [-0.2, 0) is 27.1 Å². The second kappa shape index (κ2) is 15.0. The van der Waals surface area contributed by atoms with E-state index in [9.17, 15) is 9.18 Å². The molecule has 0 saturated carbocycles. The van der Waals surface area contributed by atoms with E-state index in [4.69, 9.17) is 14.5 Å². The number of nitrogens with zero attached hydrogens (tertiary/aromatic N) is 3. The maximum Gasteiger partial charge on any atom is 0.329 e. The third-order valence-corrected chi connectivity index (χ3v) is 6.34. The molecule has 0 aromatic carbocycles. The highest BCUT2D eigenvalue weighted by atomic mass is 19.1. The zero-order valence-corrected chi connectivity index (χ0v) is 23.3. The van der Waals surface area contributed by atoms with Crippen LogP contribution in [0.4, 0.5) is 15.9 Å². The molecule has 210 valence electrons. The number of pyridine rings is 2. The first-order valence-electron chi connectivity index (χ1n) is 13.7. The van der Waals surface area contributed by atoms with Crippen LogP contribution >= 0.6 is 0 Å². The molecule has 0 bridgehead atoms. The number of aryl methyl sites for hydroxylation is 2. The van der Waals surface area contributed by atoms with Gasteiger partial charge in [-0.3, -0.25) is 4.98 Å². The van der Waals surface area contributed by atoms with Crippen molar-refractivity contribution in [2.24, 2.45) is 0 Å². The number of anilines is 2. The Morgan fingerprint density at radius 2 is 2.08 bits per heavy atom. The Labute approximate surface area is 226 Å². The fourth-order valence-corrected chi connectivity index (χ4v) is 4.54. The first-order chi connectivity index (χ1) is 18.2. The Hall–Kier alpha value is -2.78. The standard InChI is InChI=1S/C29H44FN5O3/c1-29(2,3)38-28(36)26(33-25-11-8-15-31-19-25)14-18-35(20-23(30)21-37-4)17-6-5-10-24-13-12-22-9-7-16-32-27(22)34-24/h8,11-13,15,19,23,26,33H,5-7,9-10,14,16-18,20-21H2,1-4H3,(H,32,34). The summed E-state index contributed by atoms with van der Waals surface area (Å²) in [6.07, 6.45) is 7.69. The third-order valence-electron chi connectivity index (χ3n) is 6.34. The number of ether oxygens (including phenoxy) is 2. The Morgan fingerprint density at radius 1 is 1.24 bits per heavy atom. The number of methoxy groups -OCH3 is 1. The van der Waals surface area contributed by atoms with Crippen molar-refractivity contribution in [1.29, 1.82) is 0 Å². The number of halogens is 1. The van der Waals surface area contributed by atoms with Gasteiger partial charge in [-0.05, 0) is 89.6 Å². The van der Waals surface area contributed by atoms with E-state index in [1.165, 1.54) is 12.7 Å². The van der Waals surface area contributed by atoms with Gasteiger partial charge in [-0.2, -0.15) is 0 Å². The number of nitrogens with one attached hydrogen (secondary N) is 2. The van der Waals surface area contributed by atoms with Crippen LogP contribution in [0.25, 0.3) is 0 Å². The van der Waals surface area contributed by atoms with Gasteiger partial charge >= 0.3 is 5.97 Å². The van der Waals surface area contributed by atoms with Crippen molar-refractivity contribution in [2.45, 2.75) is 77.1 Å². The van der Waals surface area contributed by atoms with Crippen molar-refractivity contribution in [1.82, 2.24) is 14.9 Å². The summed E-state index contributed by atoms with van der Waals surface area (Å²) in [6.45, 7) is 8.10. The molecule has 0 amide bonds. The summed E-state index contributed by atoms with van der Waals surface area (Å²) in [6, 6.07) is 7.40. The lowest BCUT2D eigenvalue weighted by Crippen LogP contribution is -2.41. The minimum Gasteiger partial charge on any atom is -0.458 e. The average molecular weight is 530 g/mol. The van der Waals surface area contributed by atoms with Crippen LogP contribution in [0.2, 0.25) is 0 Å². The summed E-state index contributed by atoms with van der Waals surface area (Å²) in [5, 5.41) is 6.64. The van der Waals surface area contributed by atoms with Gasteiger partial charge in [0.25, 0.3) is 0 Å². The summed E-state index contributed by atoms with van der Waals surface area (Å²) < 4.78 is 25.2. The molecular formula is C29H44FN5O3. The fourth-order valence-electron chi connectivity index (χ4n) is 4.54. The van der Waals surface area contributed by atoms with Crippen LogP contribution in [0.3, 0.4) is 0 Å². The van der Waals surface area contributed by atoms with Gasteiger partial charge in [0.05, 0.1) is 12.3 Å². The maximum absolute atomic E-state index is 14.5. The number of fused-ring (bicyclic) bond motifs is 1. The van der Waals surface area contributed by atoms with Crippen molar-refractivity contribution in [3.63, 3.8) is 0 Å². The van der Waals surface area contributed by atoms with Crippen LogP contribution in [0, 0.1) is 0 Å². The molecule has 0 saturated heterocycles. The Morgan fingerprint density at radius 3 is 2.82 bits per heavy atom. The second-order valence-corrected chi connectivity index (χ2v) is 10.9.